The van der Waals surface area contributed by atoms with E-state index < -0.39 is 0 Å². The Morgan fingerprint density at radius 3 is 2.52 bits per heavy atom. The number of carbonyl (C=O) groups is 1. The maximum Gasteiger partial charge on any atom is 0.319 e. The number of amides is 2. The zero-order valence-corrected chi connectivity index (χ0v) is 14.0. The normalized spacial score (nSPS) is 22.8. The van der Waals surface area contributed by atoms with Gasteiger partial charge in [-0.3, -0.25) is 4.90 Å². The van der Waals surface area contributed by atoms with Gasteiger partial charge in [0, 0.05) is 36.3 Å². The van der Waals surface area contributed by atoms with Crippen molar-refractivity contribution in [2.75, 3.05) is 31.5 Å². The molecule has 2 rings (SSSR count). The number of morpholine rings is 1. The molecule has 0 radical (unpaired) electrons. The fourth-order valence-corrected chi connectivity index (χ4v) is 2.77. The van der Waals surface area contributed by atoms with E-state index in [0.717, 1.165) is 29.8 Å². The summed E-state index contributed by atoms with van der Waals surface area (Å²) >= 11 is 3.36. The summed E-state index contributed by atoms with van der Waals surface area (Å²) in [7, 11) is 0. The van der Waals surface area contributed by atoms with E-state index in [1.54, 1.807) is 0 Å². The number of hydrogen-bond donors (Lipinski definition) is 2. The fraction of sp³-hybridized carbons (Fsp3) is 0.533. The van der Waals surface area contributed by atoms with Crippen molar-refractivity contribution in [3.63, 3.8) is 0 Å². The van der Waals surface area contributed by atoms with Crippen molar-refractivity contribution in [2.24, 2.45) is 0 Å². The van der Waals surface area contributed by atoms with E-state index in [1.165, 1.54) is 0 Å². The molecule has 2 unspecified atom stereocenters. The number of carbonyl (C=O) groups excluding carboxylic acids is 1. The third kappa shape index (κ3) is 5.65. The molecule has 2 N–H and O–H groups in total. The van der Waals surface area contributed by atoms with E-state index in [-0.39, 0.29) is 18.2 Å². The van der Waals surface area contributed by atoms with Crippen LogP contribution in [0.15, 0.2) is 28.7 Å². The number of rotatable bonds is 4. The van der Waals surface area contributed by atoms with Gasteiger partial charge >= 0.3 is 6.03 Å². The molecule has 0 spiro atoms. The predicted octanol–water partition coefficient (Wildman–Crippen LogP) is 2.68. The van der Waals surface area contributed by atoms with E-state index in [1.807, 2.05) is 24.3 Å². The summed E-state index contributed by atoms with van der Waals surface area (Å²) in [6.07, 6.45) is 0.510. The number of nitrogens with one attached hydrogen (secondary N) is 2. The van der Waals surface area contributed by atoms with Crippen molar-refractivity contribution >= 4 is 27.6 Å². The number of nitrogens with zero attached hydrogens (tertiary/aromatic N) is 1. The molecule has 116 valence electrons. The smallest absolute Gasteiger partial charge is 0.319 e. The summed E-state index contributed by atoms with van der Waals surface area (Å²) in [4.78, 5) is 14.1. The van der Waals surface area contributed by atoms with Gasteiger partial charge in [0.25, 0.3) is 0 Å². The number of hydrogen-bond acceptors (Lipinski definition) is 3. The molecule has 0 aliphatic carbocycles. The van der Waals surface area contributed by atoms with Crippen molar-refractivity contribution in [2.45, 2.75) is 26.1 Å². The molecule has 1 aromatic carbocycles. The van der Waals surface area contributed by atoms with Crippen LogP contribution < -0.4 is 10.6 Å². The monoisotopic (exact) mass is 355 g/mol. The quantitative estimate of drug-likeness (QED) is 0.872. The summed E-state index contributed by atoms with van der Waals surface area (Å²) in [5.41, 5.74) is 0.782. The average Bonchev–Trinajstić information content (AvgIpc) is 2.40. The summed E-state index contributed by atoms with van der Waals surface area (Å²) < 4.78 is 6.68. The second-order valence-corrected chi connectivity index (χ2v) is 6.32. The van der Waals surface area contributed by atoms with Crippen LogP contribution in [0.2, 0.25) is 0 Å². The molecule has 5 nitrogen and oxygen atoms in total. The van der Waals surface area contributed by atoms with E-state index in [9.17, 15) is 4.79 Å². The zero-order valence-electron chi connectivity index (χ0n) is 12.4. The number of urea groups is 1. The van der Waals surface area contributed by atoms with Gasteiger partial charge in [0.1, 0.15) is 0 Å². The second kappa shape index (κ2) is 7.77. The topological polar surface area (TPSA) is 53.6 Å². The van der Waals surface area contributed by atoms with Gasteiger partial charge in [0.05, 0.1) is 12.2 Å². The first-order valence-electron chi connectivity index (χ1n) is 7.21. The van der Waals surface area contributed by atoms with Gasteiger partial charge in [0.15, 0.2) is 0 Å². The lowest BCUT2D eigenvalue weighted by Crippen LogP contribution is -2.48. The SMILES string of the molecule is CC1CN(CCNC(=O)Nc2ccc(Br)cc2)CC(C)O1. The highest BCUT2D eigenvalue weighted by atomic mass is 79.9. The van der Waals surface area contributed by atoms with Gasteiger partial charge in [-0.05, 0) is 38.1 Å². The van der Waals surface area contributed by atoms with Crippen LogP contribution in [0.4, 0.5) is 10.5 Å². The van der Waals surface area contributed by atoms with Crippen LogP contribution in [0.5, 0.6) is 0 Å². The first kappa shape index (κ1) is 16.3. The molecule has 1 saturated heterocycles. The molecule has 0 saturated carbocycles. The van der Waals surface area contributed by atoms with Crippen molar-refractivity contribution in [1.29, 1.82) is 0 Å². The number of ether oxygens (including phenoxy) is 1. The Labute approximate surface area is 134 Å². The van der Waals surface area contributed by atoms with E-state index in [0.29, 0.717) is 6.54 Å². The zero-order chi connectivity index (χ0) is 15.2. The molecule has 0 aromatic heterocycles. The number of halogens is 1. The van der Waals surface area contributed by atoms with Crippen LogP contribution in [-0.4, -0.2) is 49.3 Å². The highest BCUT2D eigenvalue weighted by Gasteiger charge is 2.21. The summed E-state index contributed by atoms with van der Waals surface area (Å²) in [5, 5.41) is 5.69. The minimum atomic E-state index is -0.174. The van der Waals surface area contributed by atoms with E-state index >= 15 is 0 Å². The van der Waals surface area contributed by atoms with Crippen molar-refractivity contribution in [3.8, 4) is 0 Å². The molecular formula is C15H22BrN3O2. The van der Waals surface area contributed by atoms with E-state index in [2.05, 4.69) is 45.3 Å². The lowest BCUT2D eigenvalue weighted by molar-refractivity contribution is -0.0672. The summed E-state index contributed by atoms with van der Waals surface area (Å²) in [6, 6.07) is 7.33. The predicted molar refractivity (Wildman–Crippen MR) is 87.6 cm³/mol. The number of benzene rings is 1. The maximum absolute atomic E-state index is 11.8. The molecule has 0 bridgehead atoms. The van der Waals surface area contributed by atoms with Gasteiger partial charge in [0.2, 0.25) is 0 Å². The third-order valence-electron chi connectivity index (χ3n) is 3.31. The molecule has 1 aliphatic rings. The Hall–Kier alpha value is -1.11. The van der Waals surface area contributed by atoms with Gasteiger partial charge < -0.3 is 15.4 Å². The van der Waals surface area contributed by atoms with Crippen molar-refractivity contribution < 1.29 is 9.53 Å². The third-order valence-corrected chi connectivity index (χ3v) is 3.84. The molecule has 2 amide bonds. The molecular weight excluding hydrogens is 334 g/mol. The average molecular weight is 356 g/mol. The maximum atomic E-state index is 11.8. The highest BCUT2D eigenvalue weighted by Crippen LogP contribution is 2.14. The minimum absolute atomic E-state index is 0.174. The molecule has 1 aliphatic heterocycles. The Balaban J connectivity index is 1.68. The van der Waals surface area contributed by atoms with Crippen LogP contribution in [0.25, 0.3) is 0 Å². The Morgan fingerprint density at radius 1 is 1.29 bits per heavy atom. The van der Waals surface area contributed by atoms with Crippen molar-refractivity contribution in [1.82, 2.24) is 10.2 Å². The molecule has 1 fully saturated rings. The molecule has 1 aromatic rings. The van der Waals surface area contributed by atoms with Gasteiger partial charge in [-0.25, -0.2) is 4.79 Å². The lowest BCUT2D eigenvalue weighted by Gasteiger charge is -2.35. The lowest BCUT2D eigenvalue weighted by atomic mass is 10.2. The van der Waals surface area contributed by atoms with Crippen molar-refractivity contribution in [3.05, 3.63) is 28.7 Å². The van der Waals surface area contributed by atoms with Gasteiger partial charge in [-0.15, -0.1) is 0 Å². The van der Waals surface area contributed by atoms with Crippen LogP contribution in [0.1, 0.15) is 13.8 Å². The Bertz CT molecular complexity index is 456. The summed E-state index contributed by atoms with van der Waals surface area (Å²) in [5.74, 6) is 0. The fourth-order valence-electron chi connectivity index (χ4n) is 2.50. The molecule has 1 heterocycles. The largest absolute Gasteiger partial charge is 0.373 e. The van der Waals surface area contributed by atoms with Crippen LogP contribution in [-0.2, 0) is 4.74 Å². The van der Waals surface area contributed by atoms with Crippen LogP contribution in [0, 0.1) is 0 Å². The molecule has 2 atom stereocenters. The molecule has 6 heteroatoms. The first-order chi connectivity index (χ1) is 10.0. The minimum Gasteiger partial charge on any atom is -0.373 e. The standard InChI is InChI=1S/C15H22BrN3O2/c1-11-9-19(10-12(2)21-11)8-7-17-15(20)18-14-5-3-13(16)4-6-14/h3-6,11-12H,7-10H2,1-2H3,(H2,17,18,20). The Kier molecular flexibility index (Phi) is 6.02. The second-order valence-electron chi connectivity index (χ2n) is 5.40. The summed E-state index contributed by atoms with van der Waals surface area (Å²) in [6.45, 7) is 7.46. The molecule has 21 heavy (non-hydrogen) atoms. The Morgan fingerprint density at radius 2 is 1.90 bits per heavy atom. The highest BCUT2D eigenvalue weighted by molar-refractivity contribution is 9.10. The number of anilines is 1. The van der Waals surface area contributed by atoms with Gasteiger partial charge in [-0.2, -0.15) is 0 Å². The first-order valence-corrected chi connectivity index (χ1v) is 8.00. The van der Waals surface area contributed by atoms with Crippen LogP contribution >= 0.6 is 15.9 Å². The van der Waals surface area contributed by atoms with E-state index in [4.69, 9.17) is 4.74 Å². The van der Waals surface area contributed by atoms with Gasteiger partial charge in [-0.1, -0.05) is 15.9 Å². The van der Waals surface area contributed by atoms with Crippen LogP contribution in [0.3, 0.4) is 0 Å².